The van der Waals surface area contributed by atoms with Crippen LogP contribution in [0.15, 0.2) is 54.6 Å². The second-order valence-corrected chi connectivity index (χ2v) is 7.25. The molecule has 2 unspecified atom stereocenters. The first-order valence-corrected chi connectivity index (χ1v) is 8.56. The van der Waals surface area contributed by atoms with Crippen LogP contribution in [0.5, 0.6) is 5.75 Å². The van der Waals surface area contributed by atoms with Crippen LogP contribution in [0.2, 0.25) is 0 Å². The predicted molar refractivity (Wildman–Crippen MR) is 99.5 cm³/mol. The van der Waals surface area contributed by atoms with E-state index in [9.17, 15) is 5.11 Å². The fourth-order valence-electron chi connectivity index (χ4n) is 2.63. The summed E-state index contributed by atoms with van der Waals surface area (Å²) in [6, 6.07) is 18.5. The third-order valence-corrected chi connectivity index (χ3v) is 4.09. The Morgan fingerprint density at radius 1 is 1.00 bits per heavy atom. The van der Waals surface area contributed by atoms with Gasteiger partial charge in [-0.25, -0.2) is 0 Å². The summed E-state index contributed by atoms with van der Waals surface area (Å²) in [6.45, 7) is 9.35. The molecule has 0 spiro atoms. The molecule has 0 aliphatic carbocycles. The molecular formula is C21H29NO2. The molecule has 130 valence electrons. The minimum atomic E-state index is -0.552. The van der Waals surface area contributed by atoms with Crippen molar-refractivity contribution in [2.45, 2.75) is 45.3 Å². The van der Waals surface area contributed by atoms with Gasteiger partial charge in [0.2, 0.25) is 0 Å². The van der Waals surface area contributed by atoms with E-state index in [1.165, 1.54) is 5.56 Å². The van der Waals surface area contributed by atoms with Crippen LogP contribution in [0.4, 0.5) is 0 Å². The normalized spacial score (nSPS) is 14.2. The van der Waals surface area contributed by atoms with Crippen molar-refractivity contribution < 1.29 is 9.84 Å². The standard InChI is InChI=1S/C21H29NO2/c1-16(17-10-6-5-7-11-17)22-14-18(23)15-24-20-13-9-8-12-19(20)21(2,3)4/h5-13,16,18,22-23H,14-15H2,1-4H3. The van der Waals surface area contributed by atoms with E-state index in [0.29, 0.717) is 6.54 Å². The molecule has 2 rings (SSSR count). The first-order chi connectivity index (χ1) is 11.4. The maximum absolute atomic E-state index is 10.2. The number of rotatable bonds is 7. The van der Waals surface area contributed by atoms with Gasteiger partial charge in [0.15, 0.2) is 0 Å². The average Bonchev–Trinajstić information content (AvgIpc) is 2.58. The lowest BCUT2D eigenvalue weighted by Gasteiger charge is -2.24. The minimum Gasteiger partial charge on any atom is -0.491 e. The zero-order valence-corrected chi connectivity index (χ0v) is 15.1. The Labute approximate surface area is 145 Å². The number of aliphatic hydroxyl groups is 1. The van der Waals surface area contributed by atoms with Crippen LogP contribution in [0.1, 0.15) is 44.9 Å². The van der Waals surface area contributed by atoms with Gasteiger partial charge in [-0.1, -0.05) is 69.3 Å². The van der Waals surface area contributed by atoms with Crippen LogP contribution in [0.3, 0.4) is 0 Å². The highest BCUT2D eigenvalue weighted by Gasteiger charge is 2.19. The molecule has 0 aromatic heterocycles. The molecular weight excluding hydrogens is 298 g/mol. The fourth-order valence-corrected chi connectivity index (χ4v) is 2.63. The molecule has 2 atom stereocenters. The molecule has 0 aliphatic rings. The van der Waals surface area contributed by atoms with Crippen molar-refractivity contribution in [3.05, 3.63) is 65.7 Å². The summed E-state index contributed by atoms with van der Waals surface area (Å²) in [5.74, 6) is 0.847. The lowest BCUT2D eigenvalue weighted by molar-refractivity contribution is 0.103. The summed E-state index contributed by atoms with van der Waals surface area (Å²) in [6.07, 6.45) is -0.552. The van der Waals surface area contributed by atoms with Crippen LogP contribution in [0.25, 0.3) is 0 Å². The predicted octanol–water partition coefficient (Wildman–Crippen LogP) is 4.07. The highest BCUT2D eigenvalue weighted by Crippen LogP contribution is 2.30. The summed E-state index contributed by atoms with van der Waals surface area (Å²) in [4.78, 5) is 0. The molecule has 3 heteroatoms. The number of ether oxygens (including phenoxy) is 1. The third-order valence-electron chi connectivity index (χ3n) is 4.09. The lowest BCUT2D eigenvalue weighted by atomic mass is 9.86. The van der Waals surface area contributed by atoms with Crippen molar-refractivity contribution in [1.82, 2.24) is 5.32 Å². The Kier molecular flexibility index (Phi) is 6.41. The van der Waals surface area contributed by atoms with Gasteiger partial charge < -0.3 is 15.2 Å². The zero-order chi connectivity index (χ0) is 17.6. The number of benzene rings is 2. The maximum atomic E-state index is 10.2. The molecule has 0 saturated carbocycles. The summed E-state index contributed by atoms with van der Waals surface area (Å²) >= 11 is 0. The number of hydrogen-bond acceptors (Lipinski definition) is 3. The van der Waals surface area contributed by atoms with Crippen molar-refractivity contribution in [3.63, 3.8) is 0 Å². The van der Waals surface area contributed by atoms with E-state index < -0.39 is 6.10 Å². The third kappa shape index (κ3) is 5.36. The molecule has 0 aliphatic heterocycles. The first kappa shape index (κ1) is 18.5. The molecule has 0 radical (unpaired) electrons. The zero-order valence-electron chi connectivity index (χ0n) is 15.1. The van der Waals surface area contributed by atoms with E-state index in [0.717, 1.165) is 11.3 Å². The van der Waals surface area contributed by atoms with Crippen molar-refractivity contribution in [2.24, 2.45) is 0 Å². The van der Waals surface area contributed by atoms with Gasteiger partial charge in [-0.3, -0.25) is 0 Å². The van der Waals surface area contributed by atoms with Crippen molar-refractivity contribution >= 4 is 0 Å². The number of hydrogen-bond donors (Lipinski definition) is 2. The summed E-state index contributed by atoms with van der Waals surface area (Å²) in [5.41, 5.74) is 2.38. The van der Waals surface area contributed by atoms with Crippen LogP contribution >= 0.6 is 0 Å². The van der Waals surface area contributed by atoms with Gasteiger partial charge in [0.05, 0.1) is 0 Å². The van der Waals surface area contributed by atoms with Gasteiger partial charge in [-0.05, 0) is 29.5 Å². The van der Waals surface area contributed by atoms with Gasteiger partial charge in [0.25, 0.3) is 0 Å². The van der Waals surface area contributed by atoms with Crippen molar-refractivity contribution in [3.8, 4) is 5.75 Å². The van der Waals surface area contributed by atoms with Gasteiger partial charge >= 0.3 is 0 Å². The van der Waals surface area contributed by atoms with E-state index in [2.05, 4.69) is 51.2 Å². The Balaban J connectivity index is 1.85. The Hall–Kier alpha value is -1.84. The largest absolute Gasteiger partial charge is 0.491 e. The minimum absolute atomic E-state index is 0.0155. The molecule has 0 bridgehead atoms. The number of nitrogens with one attached hydrogen (secondary N) is 1. The molecule has 2 N–H and O–H groups in total. The Bertz CT molecular complexity index is 619. The van der Waals surface area contributed by atoms with Crippen molar-refractivity contribution in [1.29, 1.82) is 0 Å². The number of aliphatic hydroxyl groups excluding tert-OH is 1. The second-order valence-electron chi connectivity index (χ2n) is 7.25. The Morgan fingerprint density at radius 2 is 1.62 bits per heavy atom. The van der Waals surface area contributed by atoms with Gasteiger partial charge in [0.1, 0.15) is 18.5 Å². The van der Waals surface area contributed by atoms with Gasteiger partial charge in [-0.15, -0.1) is 0 Å². The summed E-state index contributed by atoms with van der Waals surface area (Å²) in [5, 5.41) is 13.6. The van der Waals surface area contributed by atoms with Crippen LogP contribution < -0.4 is 10.1 Å². The van der Waals surface area contributed by atoms with Crippen LogP contribution in [-0.4, -0.2) is 24.4 Å². The Morgan fingerprint density at radius 3 is 2.29 bits per heavy atom. The quantitative estimate of drug-likeness (QED) is 0.805. The molecule has 0 amide bonds. The lowest BCUT2D eigenvalue weighted by Crippen LogP contribution is -2.33. The molecule has 2 aromatic carbocycles. The first-order valence-electron chi connectivity index (χ1n) is 8.56. The molecule has 0 fully saturated rings. The topological polar surface area (TPSA) is 41.5 Å². The second kappa shape index (κ2) is 8.32. The monoisotopic (exact) mass is 327 g/mol. The maximum Gasteiger partial charge on any atom is 0.123 e. The van der Waals surface area contributed by atoms with E-state index in [1.807, 2.05) is 36.4 Å². The summed E-state index contributed by atoms with van der Waals surface area (Å²) in [7, 11) is 0. The smallest absolute Gasteiger partial charge is 0.123 e. The molecule has 0 heterocycles. The molecule has 24 heavy (non-hydrogen) atoms. The van der Waals surface area contributed by atoms with E-state index in [1.54, 1.807) is 0 Å². The number of para-hydroxylation sites is 1. The van der Waals surface area contributed by atoms with E-state index in [-0.39, 0.29) is 18.1 Å². The van der Waals surface area contributed by atoms with Crippen LogP contribution in [0, 0.1) is 0 Å². The van der Waals surface area contributed by atoms with E-state index >= 15 is 0 Å². The highest BCUT2D eigenvalue weighted by molar-refractivity contribution is 5.38. The average molecular weight is 327 g/mol. The van der Waals surface area contributed by atoms with E-state index in [4.69, 9.17) is 4.74 Å². The molecule has 3 nitrogen and oxygen atoms in total. The van der Waals surface area contributed by atoms with Crippen LogP contribution in [-0.2, 0) is 5.41 Å². The fraction of sp³-hybridized carbons (Fsp3) is 0.429. The summed E-state index contributed by atoms with van der Waals surface area (Å²) < 4.78 is 5.87. The van der Waals surface area contributed by atoms with Gasteiger partial charge in [-0.2, -0.15) is 0 Å². The van der Waals surface area contributed by atoms with Crippen molar-refractivity contribution in [2.75, 3.05) is 13.2 Å². The SMILES string of the molecule is CC(NCC(O)COc1ccccc1C(C)(C)C)c1ccccc1. The van der Waals surface area contributed by atoms with Gasteiger partial charge in [0, 0.05) is 12.6 Å². The molecule has 2 aromatic rings. The highest BCUT2D eigenvalue weighted by atomic mass is 16.5. The molecule has 0 saturated heterocycles.